The molecule has 0 N–H and O–H groups in total. The average Bonchev–Trinajstić information content (AvgIpc) is 2.90. The third-order valence-electron chi connectivity index (χ3n) is 5.88. The van der Waals surface area contributed by atoms with E-state index in [-0.39, 0.29) is 11.6 Å². The fourth-order valence-electron chi connectivity index (χ4n) is 4.25. The fraction of sp³-hybridized carbons (Fsp3) is 0.480. The van der Waals surface area contributed by atoms with E-state index in [0.717, 1.165) is 42.2 Å². The van der Waals surface area contributed by atoms with Gasteiger partial charge in [0.1, 0.15) is 13.5 Å². The minimum atomic E-state index is -0.184. The zero-order valence-electron chi connectivity index (χ0n) is 19.0. The van der Waals surface area contributed by atoms with Gasteiger partial charge in [-0.25, -0.2) is 0 Å². The summed E-state index contributed by atoms with van der Waals surface area (Å²) in [5.74, 6) is 0. The quantitative estimate of drug-likeness (QED) is 0.288. The van der Waals surface area contributed by atoms with E-state index in [1.54, 1.807) is 0 Å². The highest BCUT2D eigenvalue weighted by atomic mass is 79.9. The lowest BCUT2D eigenvalue weighted by atomic mass is 9.94. The van der Waals surface area contributed by atoms with Crippen LogP contribution in [0.3, 0.4) is 0 Å². The Morgan fingerprint density at radius 2 is 1.94 bits per heavy atom. The first kappa shape index (κ1) is 23.9. The molecule has 0 spiro atoms. The number of ether oxygens (including phenoxy) is 2. The predicted molar refractivity (Wildman–Crippen MR) is 134 cm³/mol. The molecule has 1 aromatic carbocycles. The Balaban J connectivity index is 1.52. The number of allylic oxidation sites excluding steroid dienone is 1. The molecule has 1 aromatic heterocycles. The topological polar surface area (TPSA) is 37.8 Å². The first-order valence-electron chi connectivity index (χ1n) is 11.0. The average molecular weight is 521 g/mol. The lowest BCUT2D eigenvalue weighted by molar-refractivity contribution is -0.144. The van der Waals surface area contributed by atoms with E-state index in [0.29, 0.717) is 13.5 Å². The zero-order chi connectivity index (χ0) is 22.7. The SMILES string of the molecule is CC(C)(C)OCOCN1CCN(C2c3ccc(Cl)cc3C(CBr)=Cc3cccnc32)CC1. The van der Waals surface area contributed by atoms with E-state index in [1.807, 2.05) is 39.1 Å². The number of benzene rings is 1. The van der Waals surface area contributed by atoms with Crippen molar-refractivity contribution in [2.75, 3.05) is 45.0 Å². The van der Waals surface area contributed by atoms with Gasteiger partial charge in [-0.1, -0.05) is 39.7 Å². The summed E-state index contributed by atoms with van der Waals surface area (Å²) in [6.45, 7) is 10.8. The van der Waals surface area contributed by atoms with Gasteiger partial charge in [0.05, 0.1) is 17.3 Å². The maximum absolute atomic E-state index is 6.40. The Morgan fingerprint density at radius 3 is 2.66 bits per heavy atom. The second-order valence-corrected chi connectivity index (χ2v) is 10.3. The van der Waals surface area contributed by atoms with Crippen molar-refractivity contribution >= 4 is 39.2 Å². The van der Waals surface area contributed by atoms with Gasteiger partial charge in [-0.2, -0.15) is 0 Å². The number of hydrogen-bond acceptors (Lipinski definition) is 5. The van der Waals surface area contributed by atoms with Crippen molar-refractivity contribution in [2.45, 2.75) is 32.4 Å². The molecule has 32 heavy (non-hydrogen) atoms. The van der Waals surface area contributed by atoms with Gasteiger partial charge in [0.15, 0.2) is 0 Å². The van der Waals surface area contributed by atoms with Crippen LogP contribution in [0, 0.1) is 0 Å². The van der Waals surface area contributed by atoms with Crippen molar-refractivity contribution in [1.29, 1.82) is 0 Å². The second-order valence-electron chi connectivity index (χ2n) is 9.28. The molecule has 172 valence electrons. The molecule has 1 unspecified atom stereocenters. The van der Waals surface area contributed by atoms with Gasteiger partial charge in [-0.05, 0) is 67.3 Å². The van der Waals surface area contributed by atoms with Crippen molar-refractivity contribution in [3.05, 3.63) is 63.9 Å². The van der Waals surface area contributed by atoms with Gasteiger partial charge in [0.25, 0.3) is 0 Å². The minimum Gasteiger partial charge on any atom is -0.350 e. The summed E-state index contributed by atoms with van der Waals surface area (Å²) in [7, 11) is 0. The highest BCUT2D eigenvalue weighted by Crippen LogP contribution is 2.40. The summed E-state index contributed by atoms with van der Waals surface area (Å²) in [5.41, 5.74) is 5.78. The molecular weight excluding hydrogens is 490 g/mol. The van der Waals surface area contributed by atoms with E-state index in [9.17, 15) is 0 Å². The molecule has 2 aromatic rings. The third-order valence-corrected chi connectivity index (χ3v) is 6.72. The van der Waals surface area contributed by atoms with E-state index >= 15 is 0 Å². The van der Waals surface area contributed by atoms with E-state index in [4.69, 9.17) is 26.1 Å². The summed E-state index contributed by atoms with van der Waals surface area (Å²) >= 11 is 10.1. The molecule has 1 saturated heterocycles. The summed E-state index contributed by atoms with van der Waals surface area (Å²) in [5, 5.41) is 1.52. The number of pyridine rings is 1. The number of fused-ring (bicyclic) bond motifs is 2. The first-order chi connectivity index (χ1) is 15.4. The summed E-state index contributed by atoms with van der Waals surface area (Å²) in [6.07, 6.45) is 4.14. The van der Waals surface area contributed by atoms with Crippen LogP contribution in [0.1, 0.15) is 49.2 Å². The Kier molecular flexibility index (Phi) is 7.70. The summed E-state index contributed by atoms with van der Waals surface area (Å²) in [4.78, 5) is 9.71. The summed E-state index contributed by atoms with van der Waals surface area (Å²) < 4.78 is 11.4. The first-order valence-corrected chi connectivity index (χ1v) is 12.5. The van der Waals surface area contributed by atoms with Crippen LogP contribution in [-0.4, -0.2) is 65.4 Å². The van der Waals surface area contributed by atoms with Crippen LogP contribution in [0.2, 0.25) is 5.02 Å². The van der Waals surface area contributed by atoms with Crippen LogP contribution < -0.4 is 0 Å². The van der Waals surface area contributed by atoms with Crippen LogP contribution in [-0.2, 0) is 9.47 Å². The van der Waals surface area contributed by atoms with Gasteiger partial charge in [0, 0.05) is 42.7 Å². The number of hydrogen-bond donors (Lipinski definition) is 0. The highest BCUT2D eigenvalue weighted by molar-refractivity contribution is 9.09. The molecular formula is C25H31BrClN3O2. The molecule has 2 aliphatic rings. The van der Waals surface area contributed by atoms with Crippen LogP contribution in [0.4, 0.5) is 0 Å². The number of nitrogens with zero attached hydrogens (tertiary/aromatic N) is 3. The van der Waals surface area contributed by atoms with Gasteiger partial charge >= 0.3 is 0 Å². The maximum Gasteiger partial charge on any atom is 0.149 e. The van der Waals surface area contributed by atoms with Crippen molar-refractivity contribution in [1.82, 2.24) is 14.8 Å². The van der Waals surface area contributed by atoms with Crippen LogP contribution in [0.15, 0.2) is 36.5 Å². The number of piperazine rings is 1. The smallest absolute Gasteiger partial charge is 0.149 e. The van der Waals surface area contributed by atoms with Crippen molar-refractivity contribution in [3.8, 4) is 0 Å². The molecule has 0 saturated carbocycles. The lowest BCUT2D eigenvalue weighted by Crippen LogP contribution is -2.48. The molecule has 2 heterocycles. The number of aromatic nitrogens is 1. The molecule has 7 heteroatoms. The third kappa shape index (κ3) is 5.61. The molecule has 5 nitrogen and oxygen atoms in total. The molecule has 1 aliphatic heterocycles. The Hall–Kier alpha value is -1.28. The van der Waals surface area contributed by atoms with Crippen molar-refractivity contribution < 1.29 is 9.47 Å². The minimum absolute atomic E-state index is 0.0959. The second kappa shape index (κ2) is 10.3. The molecule has 0 radical (unpaired) electrons. The van der Waals surface area contributed by atoms with E-state index in [1.165, 1.54) is 22.3 Å². The number of alkyl halides is 1. The molecule has 0 amide bonds. The summed E-state index contributed by atoms with van der Waals surface area (Å²) in [6, 6.07) is 10.5. The van der Waals surface area contributed by atoms with Crippen LogP contribution in [0.25, 0.3) is 11.6 Å². The predicted octanol–water partition coefficient (Wildman–Crippen LogP) is 5.44. The number of rotatable bonds is 6. The van der Waals surface area contributed by atoms with Crippen molar-refractivity contribution in [2.24, 2.45) is 0 Å². The molecule has 4 rings (SSSR count). The molecule has 1 atom stereocenters. The Labute approximate surface area is 204 Å². The largest absolute Gasteiger partial charge is 0.350 e. The van der Waals surface area contributed by atoms with Gasteiger partial charge < -0.3 is 9.47 Å². The Bertz CT molecular complexity index is 968. The van der Waals surface area contributed by atoms with Crippen molar-refractivity contribution in [3.63, 3.8) is 0 Å². The van der Waals surface area contributed by atoms with E-state index in [2.05, 4.69) is 50.0 Å². The monoisotopic (exact) mass is 519 g/mol. The maximum atomic E-state index is 6.40. The highest BCUT2D eigenvalue weighted by Gasteiger charge is 2.32. The van der Waals surface area contributed by atoms with Crippen LogP contribution >= 0.6 is 27.5 Å². The molecule has 1 fully saturated rings. The normalized spacial score (nSPS) is 19.8. The van der Waals surface area contributed by atoms with Crippen LogP contribution in [0.5, 0.6) is 0 Å². The lowest BCUT2D eigenvalue weighted by Gasteiger charge is -2.39. The number of halogens is 2. The van der Waals surface area contributed by atoms with Gasteiger partial charge in [-0.3, -0.25) is 14.8 Å². The van der Waals surface area contributed by atoms with E-state index < -0.39 is 0 Å². The zero-order valence-corrected chi connectivity index (χ0v) is 21.3. The molecule has 0 bridgehead atoms. The van der Waals surface area contributed by atoms with Gasteiger partial charge in [0.2, 0.25) is 0 Å². The van der Waals surface area contributed by atoms with Gasteiger partial charge in [-0.15, -0.1) is 0 Å². The Morgan fingerprint density at radius 1 is 1.16 bits per heavy atom. The molecule has 1 aliphatic carbocycles. The fourth-order valence-corrected chi connectivity index (χ4v) is 4.89. The standard InChI is InChI=1S/C25H31BrClN3O2/c1-25(2,3)32-17-31-16-29-9-11-30(12-10-29)24-21-7-6-20(27)14-22(21)19(15-26)13-18-5-4-8-28-23(18)24/h4-8,13-14,24H,9-12,15-17H2,1-3H3.